The van der Waals surface area contributed by atoms with Gasteiger partial charge in [0.15, 0.2) is 0 Å². The van der Waals surface area contributed by atoms with Crippen molar-refractivity contribution in [3.05, 3.63) is 29.8 Å². The molecule has 1 unspecified atom stereocenters. The summed E-state index contributed by atoms with van der Waals surface area (Å²) >= 11 is 5.53. The van der Waals surface area contributed by atoms with Crippen LogP contribution in [-0.4, -0.2) is 35.6 Å². The molecular weight excluding hydrogens is 294 g/mol. The molecular formula is C14H20BrNS. The number of likely N-dealkylation sites (N-methyl/N-ethyl adjacent to an activating group) is 1. The topological polar surface area (TPSA) is 3.24 Å². The van der Waals surface area contributed by atoms with E-state index in [0.29, 0.717) is 0 Å². The smallest absolute Gasteiger partial charge is 0.0108 e. The van der Waals surface area contributed by atoms with Gasteiger partial charge in [-0.15, -0.1) is 11.8 Å². The van der Waals surface area contributed by atoms with E-state index in [1.807, 2.05) is 11.8 Å². The first-order valence-electron chi connectivity index (χ1n) is 6.35. The molecule has 1 aromatic rings. The molecule has 0 bridgehead atoms. The van der Waals surface area contributed by atoms with Crippen LogP contribution in [0.4, 0.5) is 0 Å². The molecule has 0 fully saturated rings. The molecule has 0 aliphatic carbocycles. The predicted molar refractivity (Wildman–Crippen MR) is 80.4 cm³/mol. The van der Waals surface area contributed by atoms with E-state index in [9.17, 15) is 0 Å². The second kappa shape index (κ2) is 6.81. The van der Waals surface area contributed by atoms with Gasteiger partial charge in [-0.1, -0.05) is 41.1 Å². The summed E-state index contributed by atoms with van der Waals surface area (Å²) in [6, 6.07) is 8.89. The number of nitrogens with zero attached hydrogens (tertiary/aromatic N) is 1. The van der Waals surface area contributed by atoms with Crippen LogP contribution in [0.25, 0.3) is 0 Å². The molecule has 0 spiro atoms. The number of thioether (sulfide) groups is 1. The first kappa shape index (κ1) is 13.4. The summed E-state index contributed by atoms with van der Waals surface area (Å²) in [4.78, 5) is 4.07. The molecule has 1 nitrogen and oxygen atoms in total. The third kappa shape index (κ3) is 3.49. The summed E-state index contributed by atoms with van der Waals surface area (Å²) in [7, 11) is 0. The number of fused-ring (bicyclic) bond motifs is 1. The van der Waals surface area contributed by atoms with Gasteiger partial charge in [0.2, 0.25) is 0 Å². The quantitative estimate of drug-likeness (QED) is 0.731. The maximum atomic E-state index is 3.51. The molecule has 0 saturated carbocycles. The van der Waals surface area contributed by atoms with Gasteiger partial charge in [-0.3, -0.25) is 0 Å². The summed E-state index contributed by atoms with van der Waals surface area (Å²) in [5, 5.41) is 1.11. The van der Waals surface area contributed by atoms with Crippen molar-refractivity contribution in [2.24, 2.45) is 0 Å². The minimum Gasteiger partial charge on any atom is -0.303 e. The van der Waals surface area contributed by atoms with E-state index >= 15 is 0 Å². The highest BCUT2D eigenvalue weighted by atomic mass is 79.9. The standard InChI is InChI=1S/C14H20BrNS/c1-2-16(9-5-8-15)10-12-11-17-14-7-4-3-6-13(12)14/h3-4,6-7,12H,2,5,8-11H2,1H3. The molecule has 17 heavy (non-hydrogen) atoms. The van der Waals surface area contributed by atoms with Gasteiger partial charge in [-0.05, 0) is 31.1 Å². The number of halogens is 1. The number of alkyl halides is 1. The Balaban J connectivity index is 1.95. The number of hydrogen-bond acceptors (Lipinski definition) is 2. The fraction of sp³-hybridized carbons (Fsp3) is 0.571. The summed E-state index contributed by atoms with van der Waals surface area (Å²) in [5.74, 6) is 1.98. The summed E-state index contributed by atoms with van der Waals surface area (Å²) in [6.07, 6.45) is 1.25. The van der Waals surface area contributed by atoms with Crippen LogP contribution >= 0.6 is 27.7 Å². The van der Waals surface area contributed by atoms with Crippen molar-refractivity contribution in [2.75, 3.05) is 30.7 Å². The number of benzene rings is 1. The van der Waals surface area contributed by atoms with Crippen LogP contribution in [0, 0.1) is 0 Å². The van der Waals surface area contributed by atoms with Gasteiger partial charge in [-0.25, -0.2) is 0 Å². The minimum absolute atomic E-state index is 0.728. The molecule has 1 aromatic carbocycles. The van der Waals surface area contributed by atoms with Crippen molar-refractivity contribution in [3.8, 4) is 0 Å². The van der Waals surface area contributed by atoms with Crippen LogP contribution < -0.4 is 0 Å². The Labute approximate surface area is 117 Å². The first-order chi connectivity index (χ1) is 8.35. The first-order valence-corrected chi connectivity index (χ1v) is 8.46. The molecule has 1 aliphatic heterocycles. The SMILES string of the molecule is CCN(CCCBr)CC1CSc2ccccc21. The van der Waals surface area contributed by atoms with Crippen LogP contribution in [0.15, 0.2) is 29.2 Å². The Hall–Kier alpha value is 0.0100. The van der Waals surface area contributed by atoms with Gasteiger partial charge in [0, 0.05) is 28.4 Å². The molecule has 0 aromatic heterocycles. The molecule has 1 atom stereocenters. The molecule has 1 aliphatic rings. The second-order valence-corrected chi connectivity index (χ2v) is 6.34. The van der Waals surface area contributed by atoms with E-state index < -0.39 is 0 Å². The highest BCUT2D eigenvalue weighted by molar-refractivity contribution is 9.09. The molecule has 0 N–H and O–H groups in total. The van der Waals surface area contributed by atoms with Crippen molar-refractivity contribution in [2.45, 2.75) is 24.2 Å². The lowest BCUT2D eigenvalue weighted by Gasteiger charge is -2.23. The minimum atomic E-state index is 0.728. The van der Waals surface area contributed by atoms with Gasteiger partial charge in [0.05, 0.1) is 0 Å². The van der Waals surface area contributed by atoms with Crippen LogP contribution in [0.1, 0.15) is 24.8 Å². The van der Waals surface area contributed by atoms with Crippen molar-refractivity contribution in [3.63, 3.8) is 0 Å². The van der Waals surface area contributed by atoms with E-state index in [1.165, 1.54) is 30.2 Å². The molecule has 94 valence electrons. The van der Waals surface area contributed by atoms with Crippen LogP contribution in [-0.2, 0) is 0 Å². The average Bonchev–Trinajstić information content (AvgIpc) is 2.78. The normalized spacial score (nSPS) is 18.6. The summed E-state index contributed by atoms with van der Waals surface area (Å²) in [5.41, 5.74) is 1.56. The van der Waals surface area contributed by atoms with Crippen LogP contribution in [0.3, 0.4) is 0 Å². The molecule has 0 amide bonds. The third-order valence-electron chi connectivity index (χ3n) is 3.33. The van der Waals surface area contributed by atoms with Gasteiger partial charge in [0.1, 0.15) is 0 Å². The molecule has 0 radical (unpaired) electrons. The zero-order valence-corrected chi connectivity index (χ0v) is 12.8. The largest absolute Gasteiger partial charge is 0.303 e. The fourth-order valence-corrected chi connectivity index (χ4v) is 3.85. The number of rotatable bonds is 6. The van der Waals surface area contributed by atoms with E-state index in [2.05, 4.69) is 52.0 Å². The average molecular weight is 314 g/mol. The van der Waals surface area contributed by atoms with Crippen molar-refractivity contribution < 1.29 is 0 Å². The van der Waals surface area contributed by atoms with Crippen molar-refractivity contribution in [1.82, 2.24) is 4.90 Å². The Morgan fingerprint density at radius 1 is 1.41 bits per heavy atom. The lowest BCUT2D eigenvalue weighted by atomic mass is 10.0. The van der Waals surface area contributed by atoms with E-state index in [0.717, 1.165) is 17.8 Å². The molecule has 2 rings (SSSR count). The molecule has 1 heterocycles. The molecule has 3 heteroatoms. The summed E-state index contributed by atoms with van der Waals surface area (Å²) < 4.78 is 0. The molecule has 0 saturated heterocycles. The van der Waals surface area contributed by atoms with Crippen molar-refractivity contribution >= 4 is 27.7 Å². The fourth-order valence-electron chi connectivity index (χ4n) is 2.35. The van der Waals surface area contributed by atoms with E-state index in [1.54, 1.807) is 5.56 Å². The zero-order valence-electron chi connectivity index (χ0n) is 10.4. The Morgan fingerprint density at radius 3 is 3.00 bits per heavy atom. The third-order valence-corrected chi connectivity index (χ3v) is 5.15. The Morgan fingerprint density at radius 2 is 2.24 bits per heavy atom. The van der Waals surface area contributed by atoms with Gasteiger partial charge in [-0.2, -0.15) is 0 Å². The zero-order chi connectivity index (χ0) is 12.1. The highest BCUT2D eigenvalue weighted by Crippen LogP contribution is 2.39. The van der Waals surface area contributed by atoms with Gasteiger partial charge >= 0.3 is 0 Å². The Kier molecular flexibility index (Phi) is 5.39. The highest BCUT2D eigenvalue weighted by Gasteiger charge is 2.23. The van der Waals surface area contributed by atoms with E-state index in [-0.39, 0.29) is 0 Å². The predicted octanol–water partition coefficient (Wildman–Crippen LogP) is 3.98. The maximum Gasteiger partial charge on any atom is 0.0108 e. The van der Waals surface area contributed by atoms with E-state index in [4.69, 9.17) is 0 Å². The van der Waals surface area contributed by atoms with Crippen molar-refractivity contribution in [1.29, 1.82) is 0 Å². The van der Waals surface area contributed by atoms with Gasteiger partial charge in [0.25, 0.3) is 0 Å². The number of hydrogen-bond donors (Lipinski definition) is 0. The van der Waals surface area contributed by atoms with Crippen LogP contribution in [0.2, 0.25) is 0 Å². The van der Waals surface area contributed by atoms with Crippen LogP contribution in [0.5, 0.6) is 0 Å². The second-order valence-electron chi connectivity index (χ2n) is 4.48. The monoisotopic (exact) mass is 313 g/mol. The summed E-state index contributed by atoms with van der Waals surface area (Å²) in [6.45, 7) is 5.86. The lowest BCUT2D eigenvalue weighted by molar-refractivity contribution is 0.277. The lowest BCUT2D eigenvalue weighted by Crippen LogP contribution is -2.29. The maximum absolute atomic E-state index is 3.51. The van der Waals surface area contributed by atoms with Gasteiger partial charge < -0.3 is 4.90 Å². The Bertz CT molecular complexity index is 356.